The Balaban J connectivity index is 1.77. The molecule has 1 aliphatic carbocycles. The van der Waals surface area contributed by atoms with E-state index in [2.05, 4.69) is 10.3 Å². The van der Waals surface area contributed by atoms with Gasteiger partial charge >= 0.3 is 0 Å². The molecule has 1 aromatic heterocycles. The third-order valence-corrected chi connectivity index (χ3v) is 3.86. The number of amides is 1. The predicted molar refractivity (Wildman–Crippen MR) is 74.9 cm³/mol. The van der Waals surface area contributed by atoms with Crippen LogP contribution in [0, 0.1) is 0 Å². The number of carbonyl (C=O) groups is 1. The Morgan fingerprint density at radius 1 is 1.30 bits per heavy atom. The van der Waals surface area contributed by atoms with Crippen LogP contribution in [0.15, 0.2) is 24.5 Å². The monoisotopic (exact) mass is 278 g/mol. The lowest BCUT2D eigenvalue weighted by molar-refractivity contribution is -0.127. The third-order valence-electron chi connectivity index (χ3n) is 3.86. The number of carbonyl (C=O) groups excluding carboxylic acids is 1. The van der Waals surface area contributed by atoms with Gasteiger partial charge in [-0.1, -0.05) is 19.3 Å². The second-order valence-corrected chi connectivity index (χ2v) is 5.56. The van der Waals surface area contributed by atoms with E-state index in [4.69, 9.17) is 0 Å². The van der Waals surface area contributed by atoms with Crippen molar-refractivity contribution in [2.45, 2.75) is 50.2 Å². The molecule has 0 aliphatic heterocycles. The van der Waals surface area contributed by atoms with E-state index in [1.807, 2.05) is 0 Å². The molecule has 0 spiro atoms. The number of nitrogens with one attached hydrogen (secondary N) is 1. The molecule has 0 radical (unpaired) electrons. The summed E-state index contributed by atoms with van der Waals surface area (Å²) < 4.78 is 0. The molecule has 0 aromatic carbocycles. The molecule has 1 aliphatic rings. The van der Waals surface area contributed by atoms with E-state index in [1.54, 1.807) is 24.5 Å². The van der Waals surface area contributed by atoms with Gasteiger partial charge in [0.2, 0.25) is 5.91 Å². The highest BCUT2D eigenvalue weighted by Crippen LogP contribution is 2.30. The van der Waals surface area contributed by atoms with E-state index in [1.165, 1.54) is 0 Å². The van der Waals surface area contributed by atoms with E-state index in [0.717, 1.165) is 24.8 Å². The molecule has 20 heavy (non-hydrogen) atoms. The van der Waals surface area contributed by atoms with Crippen LogP contribution in [0.4, 0.5) is 0 Å². The molecule has 1 heterocycles. The summed E-state index contributed by atoms with van der Waals surface area (Å²) in [6, 6.07) is 3.43. The van der Waals surface area contributed by atoms with Crippen molar-refractivity contribution in [2.75, 3.05) is 6.54 Å². The van der Waals surface area contributed by atoms with E-state index < -0.39 is 11.7 Å². The minimum Gasteiger partial charge on any atom is -0.389 e. The molecule has 1 amide bonds. The summed E-state index contributed by atoms with van der Waals surface area (Å²) in [6.45, 7) is 0.152. The Hall–Kier alpha value is -1.46. The van der Waals surface area contributed by atoms with Crippen molar-refractivity contribution in [3.05, 3.63) is 30.1 Å². The van der Waals surface area contributed by atoms with Crippen molar-refractivity contribution in [2.24, 2.45) is 0 Å². The fourth-order valence-corrected chi connectivity index (χ4v) is 2.66. The van der Waals surface area contributed by atoms with Crippen LogP contribution in [-0.2, 0) is 4.79 Å². The van der Waals surface area contributed by atoms with Gasteiger partial charge in [0.05, 0.1) is 18.1 Å². The molecule has 0 bridgehead atoms. The first-order chi connectivity index (χ1) is 9.59. The van der Waals surface area contributed by atoms with Crippen molar-refractivity contribution in [1.82, 2.24) is 10.3 Å². The quantitative estimate of drug-likeness (QED) is 0.758. The zero-order valence-corrected chi connectivity index (χ0v) is 11.6. The predicted octanol–water partition coefficient (Wildman–Crippen LogP) is 1.32. The standard InChI is InChI=1S/C15H22N2O3/c18-13(12-4-8-16-9-5-12)11-17-14(19)10-15(20)6-2-1-3-7-15/h4-5,8-9,13,18,20H,1-3,6-7,10-11H2,(H,17,19). The van der Waals surface area contributed by atoms with Gasteiger partial charge in [0.25, 0.3) is 0 Å². The summed E-state index contributed by atoms with van der Waals surface area (Å²) in [4.78, 5) is 15.7. The fraction of sp³-hybridized carbons (Fsp3) is 0.600. The minimum atomic E-state index is -0.857. The van der Waals surface area contributed by atoms with Gasteiger partial charge in [-0.2, -0.15) is 0 Å². The average Bonchev–Trinajstić information content (AvgIpc) is 2.46. The number of hydrogen-bond donors (Lipinski definition) is 3. The van der Waals surface area contributed by atoms with Gasteiger partial charge in [0.15, 0.2) is 0 Å². The molecule has 5 nitrogen and oxygen atoms in total. The first kappa shape index (κ1) is 14.9. The first-order valence-corrected chi connectivity index (χ1v) is 7.16. The molecule has 110 valence electrons. The van der Waals surface area contributed by atoms with Gasteiger partial charge in [-0.25, -0.2) is 0 Å². The maximum absolute atomic E-state index is 11.9. The van der Waals surface area contributed by atoms with Crippen LogP contribution in [0.2, 0.25) is 0 Å². The Bertz CT molecular complexity index is 430. The van der Waals surface area contributed by atoms with Crippen molar-refractivity contribution in [3.63, 3.8) is 0 Å². The van der Waals surface area contributed by atoms with E-state index in [0.29, 0.717) is 12.8 Å². The lowest BCUT2D eigenvalue weighted by atomic mass is 9.82. The smallest absolute Gasteiger partial charge is 0.222 e. The molecule has 3 N–H and O–H groups in total. The highest BCUT2D eigenvalue weighted by atomic mass is 16.3. The topological polar surface area (TPSA) is 82.5 Å². The molecular weight excluding hydrogens is 256 g/mol. The van der Waals surface area contributed by atoms with Crippen LogP contribution in [0.3, 0.4) is 0 Å². The zero-order chi connectivity index (χ0) is 14.4. The fourth-order valence-electron chi connectivity index (χ4n) is 2.66. The van der Waals surface area contributed by atoms with Crippen LogP contribution in [0.25, 0.3) is 0 Å². The molecule has 1 saturated carbocycles. The molecule has 1 aromatic rings. The molecule has 1 unspecified atom stereocenters. The maximum Gasteiger partial charge on any atom is 0.222 e. The highest BCUT2D eigenvalue weighted by molar-refractivity contribution is 5.77. The normalized spacial score (nSPS) is 19.3. The van der Waals surface area contributed by atoms with Crippen LogP contribution in [-0.4, -0.2) is 33.3 Å². The number of nitrogens with zero attached hydrogens (tertiary/aromatic N) is 1. The molecule has 5 heteroatoms. The number of aliphatic hydroxyl groups excluding tert-OH is 1. The Morgan fingerprint density at radius 3 is 2.60 bits per heavy atom. The van der Waals surface area contributed by atoms with Crippen LogP contribution in [0.5, 0.6) is 0 Å². The number of hydrogen-bond acceptors (Lipinski definition) is 4. The van der Waals surface area contributed by atoms with Gasteiger partial charge < -0.3 is 15.5 Å². The summed E-state index contributed by atoms with van der Waals surface area (Å²) in [5.41, 5.74) is -0.138. The van der Waals surface area contributed by atoms with Crippen LogP contribution in [0.1, 0.15) is 50.2 Å². The van der Waals surface area contributed by atoms with Crippen molar-refractivity contribution in [1.29, 1.82) is 0 Å². The summed E-state index contributed by atoms with van der Waals surface area (Å²) in [5, 5.41) is 22.9. The SMILES string of the molecule is O=C(CC1(O)CCCCC1)NCC(O)c1ccncc1. The first-order valence-electron chi connectivity index (χ1n) is 7.16. The summed E-state index contributed by atoms with van der Waals surface area (Å²) in [6.07, 6.45) is 7.03. The Kier molecular flexibility index (Phi) is 5.09. The third kappa shape index (κ3) is 4.28. The number of pyridine rings is 1. The van der Waals surface area contributed by atoms with Crippen LogP contribution < -0.4 is 5.32 Å². The second kappa shape index (κ2) is 6.81. The minimum absolute atomic E-state index is 0.121. The average molecular weight is 278 g/mol. The van der Waals surface area contributed by atoms with Crippen molar-refractivity contribution >= 4 is 5.91 Å². The van der Waals surface area contributed by atoms with E-state index >= 15 is 0 Å². The molecular formula is C15H22N2O3. The van der Waals surface area contributed by atoms with Crippen molar-refractivity contribution in [3.8, 4) is 0 Å². The molecule has 1 fully saturated rings. The maximum atomic E-state index is 11.9. The van der Waals surface area contributed by atoms with Gasteiger partial charge in [0.1, 0.15) is 0 Å². The lowest BCUT2D eigenvalue weighted by Crippen LogP contribution is -2.39. The summed E-state index contributed by atoms with van der Waals surface area (Å²) >= 11 is 0. The van der Waals surface area contributed by atoms with Gasteiger partial charge in [-0.3, -0.25) is 9.78 Å². The van der Waals surface area contributed by atoms with Crippen LogP contribution >= 0.6 is 0 Å². The largest absolute Gasteiger partial charge is 0.389 e. The van der Waals surface area contributed by atoms with Crippen molar-refractivity contribution < 1.29 is 15.0 Å². The van der Waals surface area contributed by atoms with E-state index in [-0.39, 0.29) is 18.9 Å². The highest BCUT2D eigenvalue weighted by Gasteiger charge is 2.31. The second-order valence-electron chi connectivity index (χ2n) is 5.56. The van der Waals surface area contributed by atoms with Gasteiger partial charge in [-0.15, -0.1) is 0 Å². The number of rotatable bonds is 5. The van der Waals surface area contributed by atoms with Gasteiger partial charge in [0, 0.05) is 18.9 Å². The number of aromatic nitrogens is 1. The zero-order valence-electron chi connectivity index (χ0n) is 11.6. The summed E-state index contributed by atoms with van der Waals surface area (Å²) in [7, 11) is 0. The molecule has 2 rings (SSSR count). The number of aliphatic hydroxyl groups is 2. The van der Waals surface area contributed by atoms with Gasteiger partial charge in [-0.05, 0) is 30.5 Å². The van der Waals surface area contributed by atoms with E-state index in [9.17, 15) is 15.0 Å². The molecule has 0 saturated heterocycles. The molecule has 1 atom stereocenters. The Labute approximate surface area is 119 Å². The summed E-state index contributed by atoms with van der Waals surface area (Å²) in [5.74, 6) is -0.206. The Morgan fingerprint density at radius 2 is 1.95 bits per heavy atom. The lowest BCUT2D eigenvalue weighted by Gasteiger charge is -2.31.